The predicted molar refractivity (Wildman–Crippen MR) is 80.0 cm³/mol. The highest BCUT2D eigenvalue weighted by Crippen LogP contribution is 2.29. The number of carbonyl (C=O) groups is 1. The molecule has 1 aliphatic heterocycles. The summed E-state index contributed by atoms with van der Waals surface area (Å²) in [6.07, 6.45) is 1.08. The summed E-state index contributed by atoms with van der Waals surface area (Å²) in [5.41, 5.74) is 1.00. The van der Waals surface area contributed by atoms with Gasteiger partial charge in [0.2, 0.25) is 11.5 Å². The van der Waals surface area contributed by atoms with Crippen molar-refractivity contribution in [2.24, 2.45) is 0 Å². The normalized spacial score (nSPS) is 18.5. The highest BCUT2D eigenvalue weighted by molar-refractivity contribution is 9.10. The summed E-state index contributed by atoms with van der Waals surface area (Å²) in [5.74, 6) is 0.448. The molecule has 1 saturated heterocycles. The maximum Gasteiger partial charge on any atom is 0.294 e. The number of halogens is 1. The van der Waals surface area contributed by atoms with E-state index < -0.39 is 0 Å². The molecular formula is C14H10BrN3O3. The number of nitrogens with zero attached hydrogens (tertiary/aromatic N) is 1. The van der Waals surface area contributed by atoms with Gasteiger partial charge < -0.3 is 14.7 Å². The zero-order chi connectivity index (χ0) is 14.6. The van der Waals surface area contributed by atoms with Gasteiger partial charge in [0.1, 0.15) is 16.9 Å². The van der Waals surface area contributed by atoms with E-state index >= 15 is 0 Å². The monoisotopic (exact) mass is 347 g/mol. The minimum Gasteiger partial charge on any atom is -0.449 e. The molecule has 0 radical (unpaired) electrons. The number of hydrogen-bond acceptors (Lipinski definition) is 4. The first-order valence-corrected chi connectivity index (χ1v) is 7.32. The van der Waals surface area contributed by atoms with Crippen LogP contribution in [0.15, 0.2) is 31.9 Å². The summed E-state index contributed by atoms with van der Waals surface area (Å²) in [7, 11) is 0. The van der Waals surface area contributed by atoms with Crippen molar-refractivity contribution in [2.75, 3.05) is 0 Å². The molecule has 7 heteroatoms. The van der Waals surface area contributed by atoms with Crippen LogP contribution in [-0.2, 0) is 4.79 Å². The van der Waals surface area contributed by atoms with Crippen LogP contribution in [0.2, 0.25) is 0 Å². The number of hydrogen-bond donors (Lipinski definition) is 2. The van der Waals surface area contributed by atoms with Gasteiger partial charge in [-0.05, 0) is 24.6 Å². The van der Waals surface area contributed by atoms with E-state index in [2.05, 4.69) is 31.2 Å². The van der Waals surface area contributed by atoms with Crippen molar-refractivity contribution < 1.29 is 9.21 Å². The molecule has 0 spiro atoms. The molecule has 4 rings (SSSR count). The Morgan fingerprint density at radius 2 is 2.19 bits per heavy atom. The van der Waals surface area contributed by atoms with Gasteiger partial charge in [-0.25, -0.2) is 4.98 Å². The van der Waals surface area contributed by atoms with E-state index in [1.54, 1.807) is 6.07 Å². The van der Waals surface area contributed by atoms with Crippen molar-refractivity contribution in [1.82, 2.24) is 15.3 Å². The van der Waals surface area contributed by atoms with Gasteiger partial charge in [-0.1, -0.05) is 15.9 Å². The quantitative estimate of drug-likeness (QED) is 0.707. The van der Waals surface area contributed by atoms with Crippen LogP contribution in [0.5, 0.6) is 0 Å². The number of nitrogens with one attached hydrogen (secondary N) is 2. The fourth-order valence-electron chi connectivity index (χ4n) is 2.63. The minimum atomic E-state index is -0.330. The Bertz CT molecular complexity index is 944. The van der Waals surface area contributed by atoms with Crippen molar-refractivity contribution in [3.63, 3.8) is 0 Å². The number of aromatic nitrogens is 2. The molecule has 1 aliphatic rings. The average Bonchev–Trinajstić information content (AvgIpc) is 3.03. The summed E-state index contributed by atoms with van der Waals surface area (Å²) < 4.78 is 6.45. The van der Waals surface area contributed by atoms with Crippen LogP contribution >= 0.6 is 15.9 Å². The van der Waals surface area contributed by atoms with E-state index in [4.69, 9.17) is 4.42 Å². The van der Waals surface area contributed by atoms with E-state index in [1.165, 1.54) is 0 Å². The van der Waals surface area contributed by atoms with Crippen molar-refractivity contribution >= 4 is 43.9 Å². The van der Waals surface area contributed by atoms with E-state index in [0.717, 1.165) is 9.86 Å². The topological polar surface area (TPSA) is 88.0 Å². The Labute approximate surface area is 126 Å². The largest absolute Gasteiger partial charge is 0.449 e. The van der Waals surface area contributed by atoms with E-state index in [0.29, 0.717) is 29.8 Å². The van der Waals surface area contributed by atoms with Crippen molar-refractivity contribution in [2.45, 2.75) is 18.9 Å². The van der Waals surface area contributed by atoms with Gasteiger partial charge in [-0.2, -0.15) is 0 Å². The Morgan fingerprint density at radius 1 is 1.33 bits per heavy atom. The van der Waals surface area contributed by atoms with E-state index in [9.17, 15) is 9.59 Å². The second kappa shape index (κ2) is 4.42. The summed E-state index contributed by atoms with van der Waals surface area (Å²) in [4.78, 5) is 30.7. The van der Waals surface area contributed by atoms with Gasteiger partial charge in [0, 0.05) is 16.3 Å². The molecule has 0 aliphatic carbocycles. The zero-order valence-electron chi connectivity index (χ0n) is 10.8. The number of amides is 1. The van der Waals surface area contributed by atoms with Gasteiger partial charge in [0.15, 0.2) is 0 Å². The summed E-state index contributed by atoms with van der Waals surface area (Å²) in [5, 5.41) is 3.58. The van der Waals surface area contributed by atoms with Crippen LogP contribution in [0.25, 0.3) is 22.1 Å². The number of aromatic amines is 1. The van der Waals surface area contributed by atoms with Crippen LogP contribution in [-0.4, -0.2) is 15.9 Å². The lowest BCUT2D eigenvalue weighted by molar-refractivity contribution is -0.119. The third-order valence-corrected chi connectivity index (χ3v) is 4.12. The molecule has 1 atom stereocenters. The molecule has 0 saturated carbocycles. The third kappa shape index (κ3) is 1.96. The summed E-state index contributed by atoms with van der Waals surface area (Å²) >= 11 is 3.40. The first-order valence-electron chi connectivity index (χ1n) is 6.53. The molecule has 6 nitrogen and oxygen atoms in total. The maximum atomic E-state index is 12.2. The molecule has 1 fully saturated rings. The smallest absolute Gasteiger partial charge is 0.294 e. The first kappa shape index (κ1) is 12.6. The molecule has 0 bridgehead atoms. The van der Waals surface area contributed by atoms with Crippen LogP contribution in [0.1, 0.15) is 24.7 Å². The molecule has 2 N–H and O–H groups in total. The molecule has 2 aromatic heterocycles. The predicted octanol–water partition coefficient (Wildman–Crippen LogP) is 2.38. The Kier molecular flexibility index (Phi) is 2.65. The van der Waals surface area contributed by atoms with E-state index in [-0.39, 0.29) is 23.1 Å². The number of fused-ring (bicyclic) bond motifs is 3. The lowest BCUT2D eigenvalue weighted by Gasteiger charge is -2.08. The standard InChI is InChI=1S/C14H10BrN3O3/c15-6-1-3-9-7(5-6)11-12(21-9)14(20)18-13(17-11)8-2-4-10(19)16-8/h1,3,5,8H,2,4H2,(H,16,19)(H,17,18,20)/t8-/m0/s1. The van der Waals surface area contributed by atoms with Gasteiger partial charge in [-0.3, -0.25) is 9.59 Å². The molecule has 3 aromatic rings. The molecule has 21 heavy (non-hydrogen) atoms. The molecular weight excluding hydrogens is 338 g/mol. The van der Waals surface area contributed by atoms with Crippen molar-refractivity contribution in [1.29, 1.82) is 0 Å². The Balaban J connectivity index is 1.99. The van der Waals surface area contributed by atoms with Crippen LogP contribution in [0, 0.1) is 0 Å². The van der Waals surface area contributed by atoms with Crippen LogP contribution in [0.3, 0.4) is 0 Å². The summed E-state index contributed by atoms with van der Waals surface area (Å²) in [6, 6.07) is 5.26. The number of rotatable bonds is 1. The zero-order valence-corrected chi connectivity index (χ0v) is 12.4. The fraction of sp³-hybridized carbons (Fsp3) is 0.214. The second-order valence-electron chi connectivity index (χ2n) is 5.03. The lowest BCUT2D eigenvalue weighted by atomic mass is 10.2. The third-order valence-electron chi connectivity index (χ3n) is 3.63. The molecule has 1 aromatic carbocycles. The average molecular weight is 348 g/mol. The van der Waals surface area contributed by atoms with Gasteiger partial charge >= 0.3 is 0 Å². The van der Waals surface area contributed by atoms with Crippen LogP contribution < -0.4 is 10.9 Å². The minimum absolute atomic E-state index is 0.0254. The number of carbonyl (C=O) groups excluding carboxylic acids is 1. The maximum absolute atomic E-state index is 12.2. The van der Waals surface area contributed by atoms with Crippen molar-refractivity contribution in [3.8, 4) is 0 Å². The Hall–Kier alpha value is -2.15. The second-order valence-corrected chi connectivity index (χ2v) is 5.95. The van der Waals surface area contributed by atoms with E-state index in [1.807, 2.05) is 12.1 Å². The number of benzene rings is 1. The van der Waals surface area contributed by atoms with Gasteiger partial charge in [0.05, 0.1) is 6.04 Å². The lowest BCUT2D eigenvalue weighted by Crippen LogP contribution is -2.23. The fourth-order valence-corrected chi connectivity index (χ4v) is 2.99. The van der Waals surface area contributed by atoms with Crippen LogP contribution in [0.4, 0.5) is 0 Å². The van der Waals surface area contributed by atoms with Crippen molar-refractivity contribution in [3.05, 3.63) is 38.9 Å². The Morgan fingerprint density at radius 3 is 2.95 bits per heavy atom. The number of H-pyrrole nitrogens is 1. The molecule has 106 valence electrons. The first-order chi connectivity index (χ1) is 10.1. The SMILES string of the molecule is O=C1CC[C@@H](c2nc3c(oc4ccc(Br)cc43)c(=O)[nH]2)N1. The van der Waals surface area contributed by atoms with Gasteiger partial charge in [0.25, 0.3) is 5.56 Å². The highest BCUT2D eigenvalue weighted by atomic mass is 79.9. The summed E-state index contributed by atoms with van der Waals surface area (Å²) in [6.45, 7) is 0. The number of furan rings is 1. The highest BCUT2D eigenvalue weighted by Gasteiger charge is 2.25. The molecule has 3 heterocycles. The van der Waals surface area contributed by atoms with Gasteiger partial charge in [-0.15, -0.1) is 0 Å². The molecule has 1 amide bonds. The molecule has 0 unspecified atom stereocenters.